The average Bonchev–Trinajstić information content (AvgIpc) is 2.37. The minimum atomic E-state index is -0.615. The van der Waals surface area contributed by atoms with Gasteiger partial charge >= 0.3 is 0 Å². The SMILES string of the molecule is CCc1ccc(N(C)C(=O)C(N)COC)cc1. The summed E-state index contributed by atoms with van der Waals surface area (Å²) in [5.74, 6) is -0.143. The number of amides is 1. The highest BCUT2D eigenvalue weighted by molar-refractivity contribution is 5.96. The van der Waals surface area contributed by atoms with Crippen LogP contribution in [0.25, 0.3) is 0 Å². The van der Waals surface area contributed by atoms with Gasteiger partial charge in [0.1, 0.15) is 6.04 Å². The van der Waals surface area contributed by atoms with Crippen LogP contribution in [0.15, 0.2) is 24.3 Å². The van der Waals surface area contributed by atoms with Crippen molar-refractivity contribution in [2.45, 2.75) is 19.4 Å². The lowest BCUT2D eigenvalue weighted by Gasteiger charge is -2.21. The predicted molar refractivity (Wildman–Crippen MR) is 69.1 cm³/mol. The van der Waals surface area contributed by atoms with Gasteiger partial charge in [-0.05, 0) is 24.1 Å². The van der Waals surface area contributed by atoms with E-state index in [4.69, 9.17) is 10.5 Å². The average molecular weight is 236 g/mol. The molecule has 17 heavy (non-hydrogen) atoms. The molecule has 1 unspecified atom stereocenters. The molecular formula is C13H20N2O2. The number of carbonyl (C=O) groups is 1. The second-order valence-corrected chi connectivity index (χ2v) is 3.98. The summed E-state index contributed by atoms with van der Waals surface area (Å²) < 4.78 is 4.87. The number of nitrogens with two attached hydrogens (primary N) is 1. The Bertz CT molecular complexity index is 362. The monoisotopic (exact) mass is 236 g/mol. The van der Waals surface area contributed by atoms with E-state index in [2.05, 4.69) is 6.92 Å². The fourth-order valence-corrected chi connectivity index (χ4v) is 1.58. The lowest BCUT2D eigenvalue weighted by atomic mass is 10.1. The summed E-state index contributed by atoms with van der Waals surface area (Å²) in [5.41, 5.74) is 7.80. The van der Waals surface area contributed by atoms with Crippen LogP contribution < -0.4 is 10.6 Å². The number of hydrogen-bond donors (Lipinski definition) is 1. The van der Waals surface area contributed by atoms with Crippen molar-refractivity contribution in [3.8, 4) is 0 Å². The number of anilines is 1. The van der Waals surface area contributed by atoms with Crippen LogP contribution in [0.4, 0.5) is 5.69 Å². The zero-order chi connectivity index (χ0) is 12.8. The van der Waals surface area contributed by atoms with E-state index in [1.165, 1.54) is 12.7 Å². The minimum Gasteiger partial charge on any atom is -0.383 e. The van der Waals surface area contributed by atoms with Crippen molar-refractivity contribution >= 4 is 11.6 Å². The van der Waals surface area contributed by atoms with Crippen LogP contribution in [-0.2, 0) is 16.0 Å². The number of methoxy groups -OCH3 is 1. The molecule has 0 aliphatic rings. The van der Waals surface area contributed by atoms with E-state index in [1.807, 2.05) is 24.3 Å². The van der Waals surface area contributed by atoms with Crippen molar-refractivity contribution in [3.63, 3.8) is 0 Å². The molecule has 1 amide bonds. The molecular weight excluding hydrogens is 216 g/mol. The molecule has 2 N–H and O–H groups in total. The molecule has 0 fully saturated rings. The Morgan fingerprint density at radius 1 is 1.41 bits per heavy atom. The Labute approximate surface area is 102 Å². The first kappa shape index (κ1) is 13.7. The quantitative estimate of drug-likeness (QED) is 0.835. The van der Waals surface area contributed by atoms with Crippen molar-refractivity contribution in [2.75, 3.05) is 25.7 Å². The highest BCUT2D eigenvalue weighted by Gasteiger charge is 2.18. The third-order valence-electron chi connectivity index (χ3n) is 2.73. The van der Waals surface area contributed by atoms with Gasteiger partial charge in [0.2, 0.25) is 5.91 Å². The van der Waals surface area contributed by atoms with E-state index in [0.29, 0.717) is 0 Å². The summed E-state index contributed by atoms with van der Waals surface area (Å²) in [7, 11) is 3.25. The number of rotatable bonds is 5. The topological polar surface area (TPSA) is 55.6 Å². The molecule has 94 valence electrons. The third-order valence-corrected chi connectivity index (χ3v) is 2.73. The van der Waals surface area contributed by atoms with Gasteiger partial charge in [-0.1, -0.05) is 19.1 Å². The smallest absolute Gasteiger partial charge is 0.246 e. The Hall–Kier alpha value is -1.39. The molecule has 0 aliphatic carbocycles. The summed E-state index contributed by atoms with van der Waals surface area (Å²) in [6.45, 7) is 2.33. The van der Waals surface area contributed by atoms with Crippen LogP contribution in [0.1, 0.15) is 12.5 Å². The van der Waals surface area contributed by atoms with Gasteiger partial charge in [-0.3, -0.25) is 4.79 Å². The zero-order valence-corrected chi connectivity index (χ0v) is 10.6. The maximum Gasteiger partial charge on any atom is 0.246 e. The van der Waals surface area contributed by atoms with Crippen LogP contribution in [0.3, 0.4) is 0 Å². The van der Waals surface area contributed by atoms with E-state index >= 15 is 0 Å². The van der Waals surface area contributed by atoms with Gasteiger partial charge < -0.3 is 15.4 Å². The van der Waals surface area contributed by atoms with Crippen LogP contribution in [0, 0.1) is 0 Å². The van der Waals surface area contributed by atoms with Crippen LogP contribution in [0.2, 0.25) is 0 Å². The number of carbonyl (C=O) groups excluding carboxylic acids is 1. The van der Waals surface area contributed by atoms with Gasteiger partial charge in [0.05, 0.1) is 6.61 Å². The van der Waals surface area contributed by atoms with Gasteiger partial charge in [0.25, 0.3) is 0 Å². The van der Waals surface area contributed by atoms with E-state index < -0.39 is 6.04 Å². The predicted octanol–water partition coefficient (Wildman–Crippen LogP) is 1.19. The highest BCUT2D eigenvalue weighted by Crippen LogP contribution is 2.14. The van der Waals surface area contributed by atoms with Gasteiger partial charge in [0.15, 0.2) is 0 Å². The number of aryl methyl sites for hydroxylation is 1. The fourth-order valence-electron chi connectivity index (χ4n) is 1.58. The molecule has 0 aromatic heterocycles. The third kappa shape index (κ3) is 3.54. The van der Waals surface area contributed by atoms with Crippen LogP contribution in [0.5, 0.6) is 0 Å². The van der Waals surface area contributed by atoms with Crippen molar-refractivity contribution < 1.29 is 9.53 Å². The van der Waals surface area contributed by atoms with Gasteiger partial charge in [-0.15, -0.1) is 0 Å². The van der Waals surface area contributed by atoms with Crippen molar-refractivity contribution in [1.82, 2.24) is 0 Å². The number of nitrogens with zero attached hydrogens (tertiary/aromatic N) is 1. The number of benzene rings is 1. The maximum absolute atomic E-state index is 11.9. The number of likely N-dealkylation sites (N-methyl/N-ethyl adjacent to an activating group) is 1. The number of ether oxygens (including phenoxy) is 1. The molecule has 4 heteroatoms. The second-order valence-electron chi connectivity index (χ2n) is 3.98. The molecule has 0 bridgehead atoms. The Morgan fingerprint density at radius 3 is 2.47 bits per heavy atom. The van der Waals surface area contributed by atoms with E-state index in [1.54, 1.807) is 11.9 Å². The summed E-state index contributed by atoms with van der Waals surface area (Å²) in [6, 6.07) is 7.27. The standard InChI is InChI=1S/C13H20N2O2/c1-4-10-5-7-11(8-6-10)15(2)13(16)12(14)9-17-3/h5-8,12H,4,9,14H2,1-3H3. The van der Waals surface area contributed by atoms with Gasteiger partial charge in [0, 0.05) is 19.8 Å². The second kappa shape index (κ2) is 6.37. The van der Waals surface area contributed by atoms with Gasteiger partial charge in [-0.2, -0.15) is 0 Å². The molecule has 0 radical (unpaired) electrons. The van der Waals surface area contributed by atoms with Crippen LogP contribution >= 0.6 is 0 Å². The fraction of sp³-hybridized carbons (Fsp3) is 0.462. The Kier molecular flexibility index (Phi) is 5.12. The first-order chi connectivity index (χ1) is 8.10. The molecule has 0 saturated carbocycles. The molecule has 0 heterocycles. The summed E-state index contributed by atoms with van der Waals surface area (Å²) in [6.07, 6.45) is 0.987. The van der Waals surface area contributed by atoms with Gasteiger partial charge in [-0.25, -0.2) is 0 Å². The molecule has 1 aromatic rings. The van der Waals surface area contributed by atoms with Crippen molar-refractivity contribution in [3.05, 3.63) is 29.8 Å². The normalized spacial score (nSPS) is 12.2. The summed E-state index contributed by atoms with van der Waals surface area (Å²) >= 11 is 0. The maximum atomic E-state index is 11.9. The first-order valence-electron chi connectivity index (χ1n) is 5.71. The highest BCUT2D eigenvalue weighted by atomic mass is 16.5. The lowest BCUT2D eigenvalue weighted by molar-refractivity contribution is -0.120. The molecule has 1 aromatic carbocycles. The summed E-state index contributed by atoms with van der Waals surface area (Å²) in [5, 5.41) is 0. The zero-order valence-electron chi connectivity index (χ0n) is 10.6. The van der Waals surface area contributed by atoms with E-state index in [0.717, 1.165) is 12.1 Å². The largest absolute Gasteiger partial charge is 0.383 e. The Balaban J connectivity index is 2.74. The molecule has 0 aliphatic heterocycles. The van der Waals surface area contributed by atoms with Crippen molar-refractivity contribution in [1.29, 1.82) is 0 Å². The van der Waals surface area contributed by atoms with E-state index in [9.17, 15) is 4.79 Å². The molecule has 0 spiro atoms. The lowest BCUT2D eigenvalue weighted by Crippen LogP contribution is -2.44. The molecule has 1 rings (SSSR count). The molecule has 0 saturated heterocycles. The first-order valence-corrected chi connectivity index (χ1v) is 5.71. The van der Waals surface area contributed by atoms with Crippen LogP contribution in [-0.4, -0.2) is 32.7 Å². The minimum absolute atomic E-state index is 0.143. The molecule has 1 atom stereocenters. The van der Waals surface area contributed by atoms with Crippen molar-refractivity contribution in [2.24, 2.45) is 5.73 Å². The summed E-state index contributed by atoms with van der Waals surface area (Å²) in [4.78, 5) is 13.5. The number of hydrogen-bond acceptors (Lipinski definition) is 3. The molecule has 4 nitrogen and oxygen atoms in total. The Morgan fingerprint density at radius 2 is 2.00 bits per heavy atom. The van der Waals surface area contributed by atoms with E-state index in [-0.39, 0.29) is 12.5 Å².